The number of pyridine rings is 1. The van der Waals surface area contributed by atoms with Gasteiger partial charge in [-0.25, -0.2) is 0 Å². The van der Waals surface area contributed by atoms with Crippen LogP contribution in [0.1, 0.15) is 58.6 Å². The second kappa shape index (κ2) is 7.72. The smallest absolute Gasteiger partial charge is 0.136 e. The molecule has 1 fully saturated rings. The molecule has 2 rings (SSSR count). The van der Waals surface area contributed by atoms with Crippen molar-refractivity contribution < 1.29 is 4.79 Å². The van der Waals surface area contributed by atoms with Crippen LogP contribution in [-0.4, -0.2) is 10.8 Å². The van der Waals surface area contributed by atoms with E-state index in [4.69, 9.17) is 0 Å². The number of aromatic nitrogens is 1. The number of rotatable bonds is 6. The SMILES string of the molecule is CC1CCC(C(C)C)C(C(=O)CCCc2ccccn2)C1. The van der Waals surface area contributed by atoms with E-state index in [2.05, 4.69) is 25.8 Å². The standard InChI is InChI=1S/C19H29NO/c1-14(2)17-11-10-15(3)13-18(17)19(21)9-6-8-16-7-4-5-12-20-16/h4-5,7,12,14-15,17-18H,6,8-11,13H2,1-3H3. The Hall–Kier alpha value is -1.18. The molecule has 116 valence electrons. The van der Waals surface area contributed by atoms with Crippen LogP contribution in [0, 0.1) is 23.7 Å². The predicted molar refractivity (Wildman–Crippen MR) is 87.0 cm³/mol. The molecule has 2 nitrogen and oxygen atoms in total. The maximum atomic E-state index is 12.6. The Labute approximate surface area is 129 Å². The summed E-state index contributed by atoms with van der Waals surface area (Å²) in [6.45, 7) is 6.84. The van der Waals surface area contributed by atoms with Gasteiger partial charge in [0, 0.05) is 24.2 Å². The topological polar surface area (TPSA) is 30.0 Å². The van der Waals surface area contributed by atoms with E-state index >= 15 is 0 Å². The van der Waals surface area contributed by atoms with Gasteiger partial charge in [0.05, 0.1) is 0 Å². The highest BCUT2D eigenvalue weighted by molar-refractivity contribution is 5.81. The molecule has 0 amide bonds. The molecule has 1 aliphatic carbocycles. The summed E-state index contributed by atoms with van der Waals surface area (Å²) in [4.78, 5) is 17.0. The Morgan fingerprint density at radius 3 is 2.81 bits per heavy atom. The molecule has 21 heavy (non-hydrogen) atoms. The molecule has 1 heterocycles. The lowest BCUT2D eigenvalue weighted by Crippen LogP contribution is -2.33. The van der Waals surface area contributed by atoms with E-state index in [1.165, 1.54) is 12.8 Å². The van der Waals surface area contributed by atoms with Crippen LogP contribution < -0.4 is 0 Å². The third kappa shape index (κ3) is 4.66. The van der Waals surface area contributed by atoms with Crippen LogP contribution >= 0.6 is 0 Å². The average Bonchev–Trinajstić information content (AvgIpc) is 2.47. The summed E-state index contributed by atoms with van der Waals surface area (Å²) in [7, 11) is 0. The summed E-state index contributed by atoms with van der Waals surface area (Å²) in [5.74, 6) is 2.74. The van der Waals surface area contributed by atoms with Gasteiger partial charge in [-0.1, -0.05) is 33.3 Å². The molecule has 0 saturated heterocycles. The lowest BCUT2D eigenvalue weighted by atomic mass is 9.68. The van der Waals surface area contributed by atoms with Crippen LogP contribution in [-0.2, 0) is 11.2 Å². The number of carbonyl (C=O) groups is 1. The van der Waals surface area contributed by atoms with E-state index in [1.807, 2.05) is 24.4 Å². The number of nitrogens with zero attached hydrogens (tertiary/aromatic N) is 1. The van der Waals surface area contributed by atoms with E-state index in [0.29, 0.717) is 29.5 Å². The lowest BCUT2D eigenvalue weighted by Gasteiger charge is -2.36. The first-order valence-electron chi connectivity index (χ1n) is 8.50. The molecule has 1 aliphatic rings. The summed E-state index contributed by atoms with van der Waals surface area (Å²) in [6, 6.07) is 6.00. The first-order valence-corrected chi connectivity index (χ1v) is 8.50. The first-order chi connectivity index (χ1) is 10.1. The maximum Gasteiger partial charge on any atom is 0.136 e. The molecule has 0 bridgehead atoms. The summed E-state index contributed by atoms with van der Waals surface area (Å²) < 4.78 is 0. The minimum atomic E-state index is 0.303. The van der Waals surface area contributed by atoms with Gasteiger partial charge in [0.2, 0.25) is 0 Å². The summed E-state index contributed by atoms with van der Waals surface area (Å²) in [6.07, 6.45) is 8.03. The number of hydrogen-bond acceptors (Lipinski definition) is 2. The minimum Gasteiger partial charge on any atom is -0.299 e. The fourth-order valence-electron chi connectivity index (χ4n) is 3.75. The summed E-state index contributed by atoms with van der Waals surface area (Å²) in [5, 5.41) is 0. The van der Waals surface area contributed by atoms with Crippen molar-refractivity contribution in [1.82, 2.24) is 4.98 Å². The third-order valence-corrected chi connectivity index (χ3v) is 5.02. The number of carbonyl (C=O) groups excluding carboxylic acids is 1. The molecule has 3 unspecified atom stereocenters. The molecule has 1 saturated carbocycles. The second-order valence-corrected chi connectivity index (χ2v) is 7.07. The van der Waals surface area contributed by atoms with Crippen LogP contribution in [0.15, 0.2) is 24.4 Å². The number of aryl methyl sites for hydroxylation is 1. The number of hydrogen-bond donors (Lipinski definition) is 0. The number of Topliss-reactive ketones (excluding diaryl/α,β-unsaturated/α-hetero) is 1. The molecule has 0 aliphatic heterocycles. The van der Waals surface area contributed by atoms with Gasteiger partial charge in [0.15, 0.2) is 0 Å². The van der Waals surface area contributed by atoms with Crippen molar-refractivity contribution >= 4 is 5.78 Å². The molecule has 1 aromatic rings. The van der Waals surface area contributed by atoms with Crippen molar-refractivity contribution in [1.29, 1.82) is 0 Å². The molecular formula is C19H29NO. The van der Waals surface area contributed by atoms with Gasteiger partial charge in [-0.15, -0.1) is 0 Å². The third-order valence-electron chi connectivity index (χ3n) is 5.02. The van der Waals surface area contributed by atoms with Crippen LogP contribution in [0.4, 0.5) is 0 Å². The van der Waals surface area contributed by atoms with Crippen molar-refractivity contribution in [2.24, 2.45) is 23.7 Å². The van der Waals surface area contributed by atoms with Crippen molar-refractivity contribution in [3.63, 3.8) is 0 Å². The zero-order chi connectivity index (χ0) is 15.2. The van der Waals surface area contributed by atoms with E-state index in [9.17, 15) is 4.79 Å². The Balaban J connectivity index is 1.85. The monoisotopic (exact) mass is 287 g/mol. The zero-order valence-electron chi connectivity index (χ0n) is 13.7. The molecular weight excluding hydrogens is 258 g/mol. The quantitative estimate of drug-likeness (QED) is 0.760. The highest BCUT2D eigenvalue weighted by Gasteiger charge is 2.34. The summed E-state index contributed by atoms with van der Waals surface area (Å²) in [5.41, 5.74) is 1.10. The van der Waals surface area contributed by atoms with Gasteiger partial charge in [-0.3, -0.25) is 9.78 Å². The molecule has 3 atom stereocenters. The van der Waals surface area contributed by atoms with Gasteiger partial charge in [0.25, 0.3) is 0 Å². The molecule has 0 spiro atoms. The van der Waals surface area contributed by atoms with Gasteiger partial charge in [0.1, 0.15) is 5.78 Å². The first kappa shape index (κ1) is 16.2. The van der Waals surface area contributed by atoms with Crippen LogP contribution in [0.5, 0.6) is 0 Å². The minimum absolute atomic E-state index is 0.303. The fraction of sp³-hybridized carbons (Fsp3) is 0.684. The highest BCUT2D eigenvalue weighted by atomic mass is 16.1. The molecule has 0 N–H and O–H groups in total. The highest BCUT2D eigenvalue weighted by Crippen LogP contribution is 2.39. The average molecular weight is 287 g/mol. The van der Waals surface area contributed by atoms with Crippen molar-refractivity contribution in [3.8, 4) is 0 Å². The Morgan fingerprint density at radius 1 is 1.33 bits per heavy atom. The van der Waals surface area contributed by atoms with Crippen molar-refractivity contribution in [2.45, 2.75) is 59.3 Å². The zero-order valence-corrected chi connectivity index (χ0v) is 13.7. The number of ketones is 1. The van der Waals surface area contributed by atoms with Crippen LogP contribution in [0.3, 0.4) is 0 Å². The van der Waals surface area contributed by atoms with Crippen molar-refractivity contribution in [2.75, 3.05) is 0 Å². The molecule has 2 heteroatoms. The van der Waals surface area contributed by atoms with E-state index in [1.54, 1.807) is 0 Å². The molecule has 1 aromatic heterocycles. The van der Waals surface area contributed by atoms with E-state index in [-0.39, 0.29) is 0 Å². The van der Waals surface area contributed by atoms with E-state index in [0.717, 1.165) is 31.4 Å². The van der Waals surface area contributed by atoms with E-state index < -0.39 is 0 Å². The molecule has 0 radical (unpaired) electrons. The van der Waals surface area contributed by atoms with Gasteiger partial charge in [-0.2, -0.15) is 0 Å². The fourth-order valence-corrected chi connectivity index (χ4v) is 3.75. The normalized spacial score (nSPS) is 26.0. The summed E-state index contributed by atoms with van der Waals surface area (Å²) >= 11 is 0. The largest absolute Gasteiger partial charge is 0.299 e. The lowest BCUT2D eigenvalue weighted by molar-refractivity contribution is -0.127. The maximum absolute atomic E-state index is 12.6. The van der Waals surface area contributed by atoms with Crippen LogP contribution in [0.25, 0.3) is 0 Å². The van der Waals surface area contributed by atoms with Gasteiger partial charge < -0.3 is 0 Å². The van der Waals surface area contributed by atoms with Crippen molar-refractivity contribution in [3.05, 3.63) is 30.1 Å². The predicted octanol–water partition coefficient (Wildman–Crippen LogP) is 4.68. The van der Waals surface area contributed by atoms with Gasteiger partial charge in [-0.05, 0) is 55.6 Å². The Bertz CT molecular complexity index is 440. The Kier molecular flexibility index (Phi) is 5.96. The van der Waals surface area contributed by atoms with Gasteiger partial charge >= 0.3 is 0 Å². The second-order valence-electron chi connectivity index (χ2n) is 7.07. The Morgan fingerprint density at radius 2 is 2.14 bits per heavy atom. The van der Waals surface area contributed by atoms with Crippen LogP contribution in [0.2, 0.25) is 0 Å². The molecule has 0 aromatic carbocycles.